The topological polar surface area (TPSA) is 75.4 Å². The van der Waals surface area contributed by atoms with Crippen molar-refractivity contribution in [3.8, 4) is 0 Å². The monoisotopic (exact) mass is 387 g/mol. The van der Waals surface area contributed by atoms with E-state index in [0.29, 0.717) is 24.9 Å². The molecule has 3 rings (SSSR count). The van der Waals surface area contributed by atoms with Crippen molar-refractivity contribution < 1.29 is 19.1 Å². The molecule has 2 heterocycles. The van der Waals surface area contributed by atoms with Crippen molar-refractivity contribution in [2.24, 2.45) is 5.41 Å². The second kappa shape index (κ2) is 8.12. The smallest absolute Gasteiger partial charge is 0.311 e. The van der Waals surface area contributed by atoms with Gasteiger partial charge in [0.25, 0.3) is 5.91 Å². The molecule has 1 unspecified atom stereocenters. The fraction of sp³-hybridized carbons (Fsp3) is 0.476. The first kappa shape index (κ1) is 20.0. The van der Waals surface area contributed by atoms with Crippen molar-refractivity contribution in [2.45, 2.75) is 46.1 Å². The molecule has 1 N–H and O–H groups in total. The molecular formula is C21H26FN3O3. The molecule has 7 heteroatoms. The molecule has 0 saturated carbocycles. The Kier molecular flexibility index (Phi) is 5.82. The van der Waals surface area contributed by atoms with E-state index >= 15 is 0 Å². The normalized spacial score (nSPS) is 19.6. The summed E-state index contributed by atoms with van der Waals surface area (Å²) in [7, 11) is 0. The molecule has 1 aliphatic heterocycles. The van der Waals surface area contributed by atoms with E-state index in [4.69, 9.17) is 0 Å². The minimum absolute atomic E-state index is 0.136. The first-order valence-corrected chi connectivity index (χ1v) is 9.66. The van der Waals surface area contributed by atoms with Gasteiger partial charge in [0.15, 0.2) is 0 Å². The average Bonchev–Trinajstić information content (AvgIpc) is 3.04. The molecular weight excluding hydrogens is 361 g/mol. The van der Waals surface area contributed by atoms with Gasteiger partial charge < -0.3 is 10.0 Å². The number of hydrogen-bond acceptors (Lipinski definition) is 3. The van der Waals surface area contributed by atoms with Gasteiger partial charge in [0.05, 0.1) is 17.2 Å². The lowest BCUT2D eigenvalue weighted by molar-refractivity contribution is -0.151. The van der Waals surface area contributed by atoms with Crippen LogP contribution < -0.4 is 0 Å². The summed E-state index contributed by atoms with van der Waals surface area (Å²) in [4.78, 5) is 26.9. The van der Waals surface area contributed by atoms with Crippen LogP contribution in [0.5, 0.6) is 0 Å². The van der Waals surface area contributed by atoms with Crippen molar-refractivity contribution in [3.63, 3.8) is 0 Å². The highest BCUT2D eigenvalue weighted by Gasteiger charge is 2.44. The number of nitrogens with zero attached hydrogens (tertiary/aromatic N) is 3. The van der Waals surface area contributed by atoms with E-state index in [1.54, 1.807) is 27.9 Å². The van der Waals surface area contributed by atoms with Crippen LogP contribution in [-0.4, -0.2) is 44.8 Å². The predicted molar refractivity (Wildman–Crippen MR) is 103 cm³/mol. The van der Waals surface area contributed by atoms with Crippen molar-refractivity contribution in [1.29, 1.82) is 0 Å². The number of amides is 1. The Labute approximate surface area is 164 Å². The Morgan fingerprint density at radius 3 is 2.64 bits per heavy atom. The van der Waals surface area contributed by atoms with Crippen molar-refractivity contribution in [1.82, 2.24) is 14.7 Å². The number of aryl methyl sites for hydroxylation is 1. The number of carbonyl (C=O) groups is 2. The number of piperidine rings is 1. The van der Waals surface area contributed by atoms with Crippen LogP contribution in [0.4, 0.5) is 4.39 Å². The number of hydrogen-bond donors (Lipinski definition) is 1. The first-order chi connectivity index (χ1) is 13.4. The zero-order chi connectivity index (χ0) is 20.3. The first-order valence-electron chi connectivity index (χ1n) is 9.66. The number of likely N-dealkylation sites (tertiary alicyclic amines) is 1. The molecule has 28 heavy (non-hydrogen) atoms. The number of rotatable bonds is 6. The number of benzene rings is 1. The van der Waals surface area contributed by atoms with E-state index in [0.717, 1.165) is 24.2 Å². The minimum atomic E-state index is -1.07. The number of carboxylic acid groups (broad SMARTS) is 1. The zero-order valence-electron chi connectivity index (χ0n) is 16.3. The van der Waals surface area contributed by atoms with E-state index in [1.165, 1.54) is 12.1 Å². The highest BCUT2D eigenvalue weighted by molar-refractivity contribution is 5.95. The van der Waals surface area contributed by atoms with Crippen LogP contribution in [0.2, 0.25) is 0 Å². The molecule has 150 valence electrons. The van der Waals surface area contributed by atoms with Crippen LogP contribution >= 0.6 is 0 Å². The van der Waals surface area contributed by atoms with Gasteiger partial charge in [0.2, 0.25) is 0 Å². The quantitative estimate of drug-likeness (QED) is 0.825. The molecule has 1 atom stereocenters. The third-order valence-corrected chi connectivity index (χ3v) is 5.54. The molecule has 1 fully saturated rings. The summed E-state index contributed by atoms with van der Waals surface area (Å²) in [5.74, 6) is -1.45. The van der Waals surface area contributed by atoms with Crippen LogP contribution in [0.15, 0.2) is 30.5 Å². The van der Waals surface area contributed by atoms with Crippen LogP contribution in [0.25, 0.3) is 0 Å². The maximum absolute atomic E-state index is 13.2. The van der Waals surface area contributed by atoms with Crippen molar-refractivity contribution >= 4 is 11.9 Å². The fourth-order valence-corrected chi connectivity index (χ4v) is 3.96. The number of carbonyl (C=O) groups excluding carboxylic acids is 1. The fourth-order valence-electron chi connectivity index (χ4n) is 3.96. The van der Waals surface area contributed by atoms with E-state index < -0.39 is 11.4 Å². The molecule has 1 amide bonds. The number of aromatic nitrogens is 2. The van der Waals surface area contributed by atoms with E-state index in [1.807, 2.05) is 13.8 Å². The summed E-state index contributed by atoms with van der Waals surface area (Å²) in [6, 6.07) is 5.89. The second-order valence-corrected chi connectivity index (χ2v) is 7.59. The molecule has 6 nitrogen and oxygen atoms in total. The molecule has 0 aliphatic carbocycles. The van der Waals surface area contributed by atoms with Gasteiger partial charge in [-0.2, -0.15) is 5.10 Å². The van der Waals surface area contributed by atoms with Gasteiger partial charge in [0, 0.05) is 25.3 Å². The number of aliphatic carboxylic acids is 1. The number of halogens is 1. The predicted octanol–water partition coefficient (Wildman–Crippen LogP) is 3.29. The van der Waals surface area contributed by atoms with Crippen LogP contribution in [0.3, 0.4) is 0 Å². The van der Waals surface area contributed by atoms with Gasteiger partial charge >= 0.3 is 5.97 Å². The van der Waals surface area contributed by atoms with Crippen molar-refractivity contribution in [3.05, 3.63) is 53.1 Å². The van der Waals surface area contributed by atoms with Gasteiger partial charge in [-0.25, -0.2) is 4.39 Å². The SMILES string of the molecule is CCCn1ncc(C(=O)N2CCCC(Cc3ccc(F)cc3)(C(=O)O)C2)c1C. The Balaban J connectivity index is 1.83. The van der Waals surface area contributed by atoms with Gasteiger partial charge in [-0.3, -0.25) is 14.3 Å². The molecule has 0 bridgehead atoms. The van der Waals surface area contributed by atoms with Gasteiger partial charge in [-0.05, 0) is 50.3 Å². The summed E-state index contributed by atoms with van der Waals surface area (Å²) >= 11 is 0. The molecule has 0 radical (unpaired) electrons. The highest BCUT2D eigenvalue weighted by atomic mass is 19.1. The molecule has 1 aliphatic rings. The number of carboxylic acids is 1. The Morgan fingerprint density at radius 2 is 2.00 bits per heavy atom. The average molecular weight is 387 g/mol. The molecule has 1 aromatic heterocycles. The van der Waals surface area contributed by atoms with Crippen molar-refractivity contribution in [2.75, 3.05) is 13.1 Å². The van der Waals surface area contributed by atoms with Crippen LogP contribution in [-0.2, 0) is 17.8 Å². The van der Waals surface area contributed by atoms with E-state index in [9.17, 15) is 19.1 Å². The third-order valence-electron chi connectivity index (χ3n) is 5.54. The van der Waals surface area contributed by atoms with Crippen LogP contribution in [0, 0.1) is 18.2 Å². The molecule has 1 aromatic carbocycles. The summed E-state index contributed by atoms with van der Waals surface area (Å²) in [6.45, 7) is 5.31. The summed E-state index contributed by atoms with van der Waals surface area (Å²) in [6.07, 6.45) is 3.85. The largest absolute Gasteiger partial charge is 0.481 e. The zero-order valence-corrected chi connectivity index (χ0v) is 16.3. The molecule has 1 saturated heterocycles. The molecule has 0 spiro atoms. The van der Waals surface area contributed by atoms with Gasteiger partial charge in [-0.15, -0.1) is 0 Å². The van der Waals surface area contributed by atoms with E-state index in [2.05, 4.69) is 5.10 Å². The van der Waals surface area contributed by atoms with E-state index in [-0.39, 0.29) is 24.7 Å². The Hall–Kier alpha value is -2.70. The van der Waals surface area contributed by atoms with Gasteiger partial charge in [-0.1, -0.05) is 19.1 Å². The Bertz CT molecular complexity index is 862. The maximum atomic E-state index is 13.2. The lowest BCUT2D eigenvalue weighted by Gasteiger charge is -2.40. The standard InChI is InChI=1S/C21H26FN3O3/c1-3-10-25-15(2)18(13-23-25)19(26)24-11-4-9-21(14-24,20(27)28)12-16-5-7-17(22)8-6-16/h5-8,13H,3-4,9-12,14H2,1-2H3,(H,27,28). The summed E-state index contributed by atoms with van der Waals surface area (Å²) in [5, 5.41) is 14.3. The third kappa shape index (κ3) is 3.93. The minimum Gasteiger partial charge on any atom is -0.481 e. The van der Waals surface area contributed by atoms with Gasteiger partial charge in [0.1, 0.15) is 5.82 Å². The van der Waals surface area contributed by atoms with Crippen LogP contribution in [0.1, 0.15) is 47.8 Å². The lowest BCUT2D eigenvalue weighted by atomic mass is 9.75. The summed E-state index contributed by atoms with van der Waals surface area (Å²) < 4.78 is 15.0. The maximum Gasteiger partial charge on any atom is 0.311 e. The molecule has 2 aromatic rings. The summed E-state index contributed by atoms with van der Waals surface area (Å²) in [5.41, 5.74) is 1.01. The highest BCUT2D eigenvalue weighted by Crippen LogP contribution is 2.35. The second-order valence-electron chi connectivity index (χ2n) is 7.59. The Morgan fingerprint density at radius 1 is 1.29 bits per heavy atom. The lowest BCUT2D eigenvalue weighted by Crippen LogP contribution is -2.51.